The molecule has 104 valence electrons. The first-order valence-electron chi connectivity index (χ1n) is 6.33. The lowest BCUT2D eigenvalue weighted by Gasteiger charge is -2.10. The number of hydrazone groups is 1. The number of para-hydroxylation sites is 1. The third-order valence-corrected chi connectivity index (χ3v) is 3.06. The van der Waals surface area contributed by atoms with E-state index in [4.69, 9.17) is 16.3 Å². The standard InChI is InChI=1S/C16H17ClN2O/c1-19(2)18-11-13-7-4-6-10-16(13)20-12-14-8-3-5-9-15(14)17/h3-11H,12H2,1-2H3/b18-11+. The van der Waals surface area contributed by atoms with Crippen molar-refractivity contribution in [2.24, 2.45) is 5.10 Å². The second-order valence-corrected chi connectivity index (χ2v) is 4.92. The third-order valence-electron chi connectivity index (χ3n) is 2.69. The van der Waals surface area contributed by atoms with Crippen LogP contribution in [0.2, 0.25) is 5.02 Å². The maximum atomic E-state index is 6.12. The molecule has 0 bridgehead atoms. The van der Waals surface area contributed by atoms with Crippen molar-refractivity contribution in [1.82, 2.24) is 5.01 Å². The van der Waals surface area contributed by atoms with E-state index < -0.39 is 0 Å². The molecule has 2 aromatic rings. The van der Waals surface area contributed by atoms with Gasteiger partial charge < -0.3 is 9.75 Å². The molecule has 0 aliphatic rings. The van der Waals surface area contributed by atoms with Gasteiger partial charge in [0, 0.05) is 30.2 Å². The normalized spacial score (nSPS) is 10.8. The molecule has 0 saturated heterocycles. The highest BCUT2D eigenvalue weighted by Gasteiger charge is 2.03. The largest absolute Gasteiger partial charge is 0.488 e. The van der Waals surface area contributed by atoms with Gasteiger partial charge in [0.15, 0.2) is 0 Å². The molecule has 4 heteroatoms. The smallest absolute Gasteiger partial charge is 0.128 e. The van der Waals surface area contributed by atoms with Gasteiger partial charge in [0.05, 0.1) is 6.21 Å². The first kappa shape index (κ1) is 14.4. The van der Waals surface area contributed by atoms with Crippen LogP contribution in [0.1, 0.15) is 11.1 Å². The number of hydrogen-bond donors (Lipinski definition) is 0. The number of halogens is 1. The Bertz CT molecular complexity index is 597. The van der Waals surface area contributed by atoms with Crippen LogP contribution in [0, 0.1) is 0 Å². The van der Waals surface area contributed by atoms with Crippen LogP contribution in [0.4, 0.5) is 0 Å². The molecule has 0 aliphatic carbocycles. The number of rotatable bonds is 5. The van der Waals surface area contributed by atoms with Gasteiger partial charge in [-0.15, -0.1) is 0 Å². The van der Waals surface area contributed by atoms with Crippen LogP contribution in [-0.2, 0) is 6.61 Å². The average molecular weight is 289 g/mol. The fourth-order valence-electron chi connectivity index (χ4n) is 1.67. The number of ether oxygens (including phenoxy) is 1. The highest BCUT2D eigenvalue weighted by Crippen LogP contribution is 2.20. The van der Waals surface area contributed by atoms with Gasteiger partial charge in [-0.1, -0.05) is 41.9 Å². The van der Waals surface area contributed by atoms with Gasteiger partial charge in [0.2, 0.25) is 0 Å². The molecule has 2 aromatic carbocycles. The van der Waals surface area contributed by atoms with Crippen LogP contribution in [0.3, 0.4) is 0 Å². The summed E-state index contributed by atoms with van der Waals surface area (Å²) in [6, 6.07) is 15.5. The van der Waals surface area contributed by atoms with E-state index in [-0.39, 0.29) is 0 Å². The van der Waals surface area contributed by atoms with Crippen LogP contribution in [0.5, 0.6) is 5.75 Å². The summed E-state index contributed by atoms with van der Waals surface area (Å²) in [5.41, 5.74) is 1.90. The molecule has 0 saturated carbocycles. The van der Waals surface area contributed by atoms with Gasteiger partial charge in [-0.2, -0.15) is 5.10 Å². The van der Waals surface area contributed by atoms with E-state index in [1.165, 1.54) is 0 Å². The van der Waals surface area contributed by atoms with Gasteiger partial charge in [0.25, 0.3) is 0 Å². The predicted molar refractivity (Wildman–Crippen MR) is 83.5 cm³/mol. The lowest BCUT2D eigenvalue weighted by Crippen LogP contribution is -2.03. The minimum atomic E-state index is 0.437. The van der Waals surface area contributed by atoms with Gasteiger partial charge in [-0.3, -0.25) is 0 Å². The summed E-state index contributed by atoms with van der Waals surface area (Å²) < 4.78 is 5.84. The zero-order valence-corrected chi connectivity index (χ0v) is 12.3. The maximum absolute atomic E-state index is 6.12. The summed E-state index contributed by atoms with van der Waals surface area (Å²) in [6.07, 6.45) is 1.78. The van der Waals surface area contributed by atoms with Crippen molar-refractivity contribution < 1.29 is 4.74 Å². The van der Waals surface area contributed by atoms with Gasteiger partial charge in [-0.05, 0) is 18.2 Å². The number of hydrogen-bond acceptors (Lipinski definition) is 3. The Kier molecular flexibility index (Phi) is 5.02. The Morgan fingerprint density at radius 1 is 1.10 bits per heavy atom. The highest BCUT2D eigenvalue weighted by atomic mass is 35.5. The Balaban J connectivity index is 2.12. The first-order chi connectivity index (χ1) is 9.66. The summed E-state index contributed by atoms with van der Waals surface area (Å²) in [4.78, 5) is 0. The summed E-state index contributed by atoms with van der Waals surface area (Å²) in [6.45, 7) is 0.437. The number of nitrogens with zero attached hydrogens (tertiary/aromatic N) is 2. The van der Waals surface area contributed by atoms with Crippen molar-refractivity contribution in [3.8, 4) is 5.75 Å². The van der Waals surface area contributed by atoms with E-state index in [1.807, 2.05) is 62.6 Å². The Hall–Kier alpha value is -2.00. The Labute approximate surface area is 124 Å². The van der Waals surface area contributed by atoms with E-state index in [1.54, 1.807) is 11.2 Å². The summed E-state index contributed by atoms with van der Waals surface area (Å²) in [5, 5.41) is 6.69. The quantitative estimate of drug-likeness (QED) is 0.617. The molecular formula is C16H17ClN2O. The van der Waals surface area contributed by atoms with Crippen LogP contribution >= 0.6 is 11.6 Å². The molecule has 0 heterocycles. The summed E-state index contributed by atoms with van der Waals surface area (Å²) >= 11 is 6.12. The van der Waals surface area contributed by atoms with Crippen LogP contribution in [-0.4, -0.2) is 25.3 Å². The first-order valence-corrected chi connectivity index (χ1v) is 6.71. The molecule has 20 heavy (non-hydrogen) atoms. The van der Waals surface area contributed by atoms with E-state index in [0.29, 0.717) is 11.6 Å². The van der Waals surface area contributed by atoms with Crippen molar-refractivity contribution in [2.75, 3.05) is 14.1 Å². The summed E-state index contributed by atoms with van der Waals surface area (Å²) in [5.74, 6) is 0.790. The topological polar surface area (TPSA) is 24.8 Å². The Morgan fingerprint density at radius 3 is 2.55 bits per heavy atom. The monoisotopic (exact) mass is 288 g/mol. The van der Waals surface area contributed by atoms with Crippen molar-refractivity contribution in [2.45, 2.75) is 6.61 Å². The zero-order valence-electron chi connectivity index (χ0n) is 11.6. The molecule has 2 rings (SSSR count). The predicted octanol–water partition coefficient (Wildman–Crippen LogP) is 3.81. The molecule has 0 N–H and O–H groups in total. The second-order valence-electron chi connectivity index (χ2n) is 4.51. The van der Waals surface area contributed by atoms with E-state index in [2.05, 4.69) is 5.10 Å². The van der Waals surface area contributed by atoms with Crippen molar-refractivity contribution in [3.63, 3.8) is 0 Å². The van der Waals surface area contributed by atoms with Crippen molar-refractivity contribution in [1.29, 1.82) is 0 Å². The average Bonchev–Trinajstić information content (AvgIpc) is 2.45. The molecule has 0 radical (unpaired) electrons. The second kappa shape index (κ2) is 6.96. The fraction of sp³-hybridized carbons (Fsp3) is 0.188. The molecule has 0 unspecified atom stereocenters. The van der Waals surface area contributed by atoms with Gasteiger partial charge in [-0.25, -0.2) is 0 Å². The highest BCUT2D eigenvalue weighted by molar-refractivity contribution is 6.31. The SMILES string of the molecule is CN(C)/N=C/c1ccccc1OCc1ccccc1Cl. The number of benzene rings is 2. The van der Waals surface area contributed by atoms with E-state index >= 15 is 0 Å². The molecule has 0 amide bonds. The van der Waals surface area contributed by atoms with Crippen LogP contribution < -0.4 is 4.74 Å². The van der Waals surface area contributed by atoms with Crippen molar-refractivity contribution >= 4 is 17.8 Å². The molecule has 0 atom stereocenters. The van der Waals surface area contributed by atoms with Gasteiger partial charge >= 0.3 is 0 Å². The fourth-order valence-corrected chi connectivity index (χ4v) is 1.86. The van der Waals surface area contributed by atoms with E-state index in [0.717, 1.165) is 16.9 Å². The third kappa shape index (κ3) is 4.00. The molecular weight excluding hydrogens is 272 g/mol. The zero-order chi connectivity index (χ0) is 14.4. The molecule has 0 spiro atoms. The van der Waals surface area contributed by atoms with Gasteiger partial charge in [0.1, 0.15) is 12.4 Å². The van der Waals surface area contributed by atoms with Crippen molar-refractivity contribution in [3.05, 3.63) is 64.7 Å². The molecule has 0 aromatic heterocycles. The van der Waals surface area contributed by atoms with E-state index in [9.17, 15) is 0 Å². The lowest BCUT2D eigenvalue weighted by molar-refractivity contribution is 0.306. The van der Waals surface area contributed by atoms with Crippen LogP contribution in [0.15, 0.2) is 53.6 Å². The Morgan fingerprint density at radius 2 is 1.80 bits per heavy atom. The van der Waals surface area contributed by atoms with Crippen LogP contribution in [0.25, 0.3) is 0 Å². The lowest BCUT2D eigenvalue weighted by atomic mass is 10.2. The summed E-state index contributed by atoms with van der Waals surface area (Å²) in [7, 11) is 3.76. The minimum absolute atomic E-state index is 0.437. The molecule has 0 aliphatic heterocycles. The molecule has 3 nitrogen and oxygen atoms in total. The maximum Gasteiger partial charge on any atom is 0.128 e. The minimum Gasteiger partial charge on any atom is -0.488 e. The molecule has 0 fully saturated rings.